The van der Waals surface area contributed by atoms with E-state index in [1.165, 1.54) is 109 Å². The van der Waals surface area contributed by atoms with Crippen molar-refractivity contribution in [3.8, 4) is 0 Å². The van der Waals surface area contributed by atoms with Crippen molar-refractivity contribution >= 4 is 29.2 Å². The van der Waals surface area contributed by atoms with Crippen LogP contribution in [-0.4, -0.2) is 21.8 Å². The Morgan fingerprint density at radius 2 is 1.04 bits per heavy atom. The largest absolute Gasteiger partial charge is 0.355 e. The molecule has 0 fully saturated rings. The molecule has 0 saturated carbocycles. The molecule has 1 atom stereocenters. The molecule has 0 aliphatic rings. The van der Waals surface area contributed by atoms with Crippen LogP contribution in [-0.2, 0) is 0 Å². The highest BCUT2D eigenvalue weighted by molar-refractivity contribution is 8.10. The predicted molar refractivity (Wildman–Crippen MR) is 137 cm³/mol. The van der Waals surface area contributed by atoms with Gasteiger partial charge in [0.2, 0.25) is 0 Å². The van der Waals surface area contributed by atoms with E-state index in [0.717, 1.165) is 10.9 Å². The predicted octanol–water partition coefficient (Wildman–Crippen LogP) is 9.20. The molecule has 0 spiro atoms. The summed E-state index contributed by atoms with van der Waals surface area (Å²) < 4.78 is 0.762. The summed E-state index contributed by atoms with van der Waals surface area (Å²) in [6.07, 6.45) is 24.1. The third kappa shape index (κ3) is 18.3. The van der Waals surface area contributed by atoms with Gasteiger partial charge >= 0.3 is 0 Å². The Hall–Kier alpha value is 0.240. The van der Waals surface area contributed by atoms with Gasteiger partial charge in [0.15, 0.2) is 0 Å². The highest BCUT2D eigenvalue weighted by Gasteiger charge is 2.15. The minimum absolute atomic E-state index is 0.527. The number of rotatable bonds is 20. The van der Waals surface area contributed by atoms with E-state index in [9.17, 15) is 0 Å². The van der Waals surface area contributed by atoms with E-state index in [0.29, 0.717) is 12.0 Å². The Labute approximate surface area is 189 Å². The molecule has 0 aromatic rings. The number of hydrogen-bond donors (Lipinski definition) is 1. The summed E-state index contributed by atoms with van der Waals surface area (Å²) >= 11 is 9.74. The lowest BCUT2D eigenvalue weighted by Gasteiger charge is -2.31. The van der Waals surface area contributed by atoms with Crippen molar-refractivity contribution in [2.75, 3.05) is 6.54 Å². The van der Waals surface area contributed by atoms with Crippen LogP contribution in [0.4, 0.5) is 0 Å². The van der Waals surface area contributed by atoms with E-state index < -0.39 is 0 Å². The van der Waals surface area contributed by atoms with Crippen LogP contribution in [0.1, 0.15) is 137 Å². The highest BCUT2D eigenvalue weighted by Crippen LogP contribution is 2.17. The smallest absolute Gasteiger partial charge is 0.133 e. The van der Waals surface area contributed by atoms with Gasteiger partial charge in [-0.1, -0.05) is 136 Å². The van der Waals surface area contributed by atoms with Gasteiger partial charge in [-0.25, -0.2) is 0 Å². The summed E-state index contributed by atoms with van der Waals surface area (Å²) in [5, 5.41) is 0. The third-order valence-corrected chi connectivity index (χ3v) is 6.31. The number of unbranched alkanes of at least 4 members (excludes halogenated alkanes) is 15. The molecule has 0 aromatic heterocycles. The topological polar surface area (TPSA) is 3.24 Å². The van der Waals surface area contributed by atoms with E-state index in [1.54, 1.807) is 0 Å². The molecule has 1 nitrogen and oxygen atoms in total. The maximum atomic E-state index is 5.32. The lowest BCUT2D eigenvalue weighted by atomic mass is 10.0. The SMILES string of the molecule is CCCCCCCCCCCCCCCCCCC(C)N(CC(C)C)C(=S)S. The zero-order valence-corrected chi connectivity index (χ0v) is 21.4. The normalized spacial score (nSPS) is 12.5. The minimum atomic E-state index is 0.527. The molecule has 0 aromatic carbocycles. The van der Waals surface area contributed by atoms with Gasteiger partial charge in [0.05, 0.1) is 0 Å². The standard InChI is InChI=1S/C25H51NS2/c1-5-6-7-8-9-10-11-12-13-14-15-16-17-18-19-20-21-24(4)26(25(27)28)22-23(2)3/h23-24H,5-22H2,1-4H3,(H,27,28). The highest BCUT2D eigenvalue weighted by atomic mass is 32.1. The Kier molecular flexibility index (Phi) is 20.7. The molecule has 0 heterocycles. The molecule has 0 radical (unpaired) electrons. The monoisotopic (exact) mass is 429 g/mol. The van der Waals surface area contributed by atoms with Crippen molar-refractivity contribution in [2.24, 2.45) is 5.92 Å². The van der Waals surface area contributed by atoms with Crippen LogP contribution < -0.4 is 0 Å². The third-order valence-electron chi connectivity index (χ3n) is 5.82. The summed E-state index contributed by atoms with van der Waals surface area (Å²) in [4.78, 5) is 2.30. The Morgan fingerprint density at radius 1 is 0.679 bits per heavy atom. The fourth-order valence-corrected chi connectivity index (χ4v) is 4.52. The number of thiol groups is 1. The molecule has 1 unspecified atom stereocenters. The Bertz CT molecular complexity index is 343. The van der Waals surface area contributed by atoms with Crippen molar-refractivity contribution < 1.29 is 0 Å². The van der Waals surface area contributed by atoms with Crippen LogP contribution >= 0.6 is 24.8 Å². The van der Waals surface area contributed by atoms with Crippen LogP contribution in [0.25, 0.3) is 0 Å². The summed E-state index contributed by atoms with van der Waals surface area (Å²) in [6, 6.07) is 0.527. The summed E-state index contributed by atoms with van der Waals surface area (Å²) in [5.41, 5.74) is 0. The fourth-order valence-electron chi connectivity index (χ4n) is 3.98. The average molecular weight is 430 g/mol. The molecule has 0 aliphatic carbocycles. The second-order valence-electron chi connectivity index (χ2n) is 9.27. The summed E-state index contributed by atoms with van der Waals surface area (Å²) in [5.74, 6) is 0.637. The molecule has 168 valence electrons. The van der Waals surface area contributed by atoms with Crippen molar-refractivity contribution in [2.45, 2.75) is 143 Å². The first-order chi connectivity index (χ1) is 13.5. The number of thiocarbonyl (C=S) groups is 1. The molecular weight excluding hydrogens is 378 g/mol. The molecule has 0 amide bonds. The van der Waals surface area contributed by atoms with Crippen LogP contribution in [0.5, 0.6) is 0 Å². The lowest BCUT2D eigenvalue weighted by Crippen LogP contribution is -2.37. The fraction of sp³-hybridized carbons (Fsp3) is 0.960. The molecule has 0 aliphatic heterocycles. The van der Waals surface area contributed by atoms with Gasteiger partial charge in [-0.05, 0) is 19.3 Å². The van der Waals surface area contributed by atoms with Crippen LogP contribution in [0.15, 0.2) is 0 Å². The molecule has 0 N–H and O–H groups in total. The molecule has 0 rings (SSSR count). The molecule has 28 heavy (non-hydrogen) atoms. The van der Waals surface area contributed by atoms with Crippen molar-refractivity contribution in [3.63, 3.8) is 0 Å². The summed E-state index contributed by atoms with van der Waals surface area (Å²) in [6.45, 7) is 10.1. The lowest BCUT2D eigenvalue weighted by molar-refractivity contribution is 0.286. The van der Waals surface area contributed by atoms with Crippen molar-refractivity contribution in [1.82, 2.24) is 4.90 Å². The molecule has 0 bridgehead atoms. The van der Waals surface area contributed by atoms with Gasteiger partial charge in [-0.15, -0.1) is 12.6 Å². The zero-order chi connectivity index (χ0) is 21.0. The number of hydrogen-bond acceptors (Lipinski definition) is 1. The van der Waals surface area contributed by atoms with Gasteiger partial charge in [0.25, 0.3) is 0 Å². The Morgan fingerprint density at radius 3 is 1.36 bits per heavy atom. The van der Waals surface area contributed by atoms with Crippen molar-refractivity contribution in [1.29, 1.82) is 0 Å². The first kappa shape index (κ1) is 28.2. The van der Waals surface area contributed by atoms with Gasteiger partial charge < -0.3 is 4.90 Å². The summed E-state index contributed by atoms with van der Waals surface area (Å²) in [7, 11) is 0. The maximum Gasteiger partial charge on any atom is 0.133 e. The first-order valence-electron chi connectivity index (χ1n) is 12.5. The van der Waals surface area contributed by atoms with Crippen LogP contribution in [0, 0.1) is 5.92 Å². The van der Waals surface area contributed by atoms with Gasteiger partial charge in [0, 0.05) is 12.6 Å². The van der Waals surface area contributed by atoms with E-state index >= 15 is 0 Å². The minimum Gasteiger partial charge on any atom is -0.355 e. The molecule has 3 heteroatoms. The van der Waals surface area contributed by atoms with E-state index in [2.05, 4.69) is 45.2 Å². The van der Waals surface area contributed by atoms with E-state index in [-0.39, 0.29) is 0 Å². The molecule has 0 saturated heterocycles. The average Bonchev–Trinajstić information content (AvgIpc) is 2.65. The quantitative estimate of drug-likeness (QED) is 0.117. The van der Waals surface area contributed by atoms with Gasteiger partial charge in [0.1, 0.15) is 4.32 Å². The first-order valence-corrected chi connectivity index (χ1v) is 13.3. The second-order valence-corrected chi connectivity index (χ2v) is 10.4. The zero-order valence-electron chi connectivity index (χ0n) is 19.7. The number of nitrogens with zero attached hydrogens (tertiary/aromatic N) is 1. The Balaban J connectivity index is 3.38. The maximum absolute atomic E-state index is 5.32. The van der Waals surface area contributed by atoms with Crippen LogP contribution in [0.3, 0.4) is 0 Å². The van der Waals surface area contributed by atoms with Crippen LogP contribution in [0.2, 0.25) is 0 Å². The van der Waals surface area contributed by atoms with Gasteiger partial charge in [-0.3, -0.25) is 0 Å². The van der Waals surface area contributed by atoms with Crippen molar-refractivity contribution in [3.05, 3.63) is 0 Å². The second kappa shape index (κ2) is 20.5. The van der Waals surface area contributed by atoms with E-state index in [4.69, 9.17) is 12.2 Å². The van der Waals surface area contributed by atoms with Gasteiger partial charge in [-0.2, -0.15) is 0 Å². The molecular formula is C25H51NS2. The van der Waals surface area contributed by atoms with E-state index in [1.807, 2.05) is 0 Å².